The number of fused-ring (bicyclic) bond motifs is 1. The second kappa shape index (κ2) is 11.1. The second-order valence-corrected chi connectivity index (χ2v) is 9.31. The molecule has 1 aliphatic heterocycles. The SMILES string of the molecule is CCOC(=O)C1=C(C)N=c2s/c(=C/c3ccc(OCC)c(OCC)c3)c(=O)n2[C@H]1c1ccccc1Cl. The lowest BCUT2D eigenvalue weighted by Crippen LogP contribution is -2.40. The topological polar surface area (TPSA) is 79.1 Å². The average molecular weight is 527 g/mol. The third-order valence-corrected chi connectivity index (χ3v) is 6.91. The van der Waals surface area contributed by atoms with Gasteiger partial charge in [-0.05, 0) is 63.1 Å². The van der Waals surface area contributed by atoms with Gasteiger partial charge in [-0.25, -0.2) is 9.79 Å². The highest BCUT2D eigenvalue weighted by atomic mass is 35.5. The lowest BCUT2D eigenvalue weighted by molar-refractivity contribution is -0.139. The van der Waals surface area contributed by atoms with Gasteiger partial charge in [0.05, 0.1) is 35.6 Å². The zero-order valence-corrected chi connectivity index (χ0v) is 22.1. The monoisotopic (exact) mass is 526 g/mol. The van der Waals surface area contributed by atoms with Crippen molar-refractivity contribution in [2.45, 2.75) is 33.7 Å². The molecule has 0 saturated carbocycles. The van der Waals surface area contributed by atoms with Gasteiger partial charge in [-0.3, -0.25) is 9.36 Å². The number of thiazole rings is 1. The largest absolute Gasteiger partial charge is 0.490 e. The predicted molar refractivity (Wildman–Crippen MR) is 141 cm³/mol. The Morgan fingerprint density at radius 2 is 1.81 bits per heavy atom. The molecule has 1 aliphatic rings. The van der Waals surface area contributed by atoms with E-state index in [2.05, 4.69) is 4.99 Å². The molecule has 0 N–H and O–H groups in total. The summed E-state index contributed by atoms with van der Waals surface area (Å²) in [6.45, 7) is 8.50. The van der Waals surface area contributed by atoms with Gasteiger partial charge in [0.2, 0.25) is 0 Å². The summed E-state index contributed by atoms with van der Waals surface area (Å²) in [5.74, 6) is 0.729. The zero-order chi connectivity index (χ0) is 25.8. The van der Waals surface area contributed by atoms with E-state index in [1.54, 1.807) is 32.1 Å². The zero-order valence-electron chi connectivity index (χ0n) is 20.5. The van der Waals surface area contributed by atoms with E-state index in [9.17, 15) is 9.59 Å². The van der Waals surface area contributed by atoms with Crippen molar-refractivity contribution in [2.75, 3.05) is 19.8 Å². The Morgan fingerprint density at radius 1 is 1.08 bits per heavy atom. The minimum atomic E-state index is -0.754. The Hall–Kier alpha value is -3.36. The molecule has 0 radical (unpaired) electrons. The van der Waals surface area contributed by atoms with Gasteiger partial charge in [0.1, 0.15) is 6.04 Å². The molecular formula is C27H27ClN2O5S. The van der Waals surface area contributed by atoms with Crippen LogP contribution < -0.4 is 24.4 Å². The van der Waals surface area contributed by atoms with Crippen LogP contribution >= 0.6 is 22.9 Å². The van der Waals surface area contributed by atoms with E-state index in [0.717, 1.165) is 5.56 Å². The fraction of sp³-hybridized carbons (Fsp3) is 0.296. The molecule has 0 unspecified atom stereocenters. The molecule has 0 aliphatic carbocycles. The van der Waals surface area contributed by atoms with Crippen molar-refractivity contribution in [1.29, 1.82) is 0 Å². The molecule has 2 aromatic carbocycles. The molecule has 1 atom stereocenters. The smallest absolute Gasteiger partial charge is 0.338 e. The number of ether oxygens (including phenoxy) is 3. The first-order chi connectivity index (χ1) is 17.4. The number of esters is 1. The molecule has 2 heterocycles. The predicted octanol–water partition coefficient (Wildman–Crippen LogP) is 4.25. The summed E-state index contributed by atoms with van der Waals surface area (Å²) in [6.07, 6.45) is 1.79. The summed E-state index contributed by atoms with van der Waals surface area (Å²) in [7, 11) is 0. The third-order valence-electron chi connectivity index (χ3n) is 5.58. The van der Waals surface area contributed by atoms with E-state index in [1.807, 2.05) is 44.2 Å². The molecular weight excluding hydrogens is 500 g/mol. The minimum Gasteiger partial charge on any atom is -0.490 e. The number of rotatable bonds is 8. The lowest BCUT2D eigenvalue weighted by Gasteiger charge is -2.25. The average Bonchev–Trinajstić information content (AvgIpc) is 3.15. The van der Waals surface area contributed by atoms with Crippen molar-refractivity contribution in [3.05, 3.63) is 89.6 Å². The van der Waals surface area contributed by atoms with Gasteiger partial charge < -0.3 is 14.2 Å². The van der Waals surface area contributed by atoms with E-state index in [4.69, 9.17) is 25.8 Å². The van der Waals surface area contributed by atoms with E-state index < -0.39 is 12.0 Å². The molecule has 7 nitrogen and oxygen atoms in total. The maximum Gasteiger partial charge on any atom is 0.338 e. The summed E-state index contributed by atoms with van der Waals surface area (Å²) in [5, 5.41) is 0.446. The first kappa shape index (κ1) is 25.7. The van der Waals surface area contributed by atoms with Crippen molar-refractivity contribution in [3.63, 3.8) is 0 Å². The first-order valence-corrected chi connectivity index (χ1v) is 12.9. The van der Waals surface area contributed by atoms with Gasteiger partial charge in [0, 0.05) is 5.02 Å². The third kappa shape index (κ3) is 4.96. The van der Waals surface area contributed by atoms with Gasteiger partial charge in [0.25, 0.3) is 5.56 Å². The van der Waals surface area contributed by atoms with Gasteiger partial charge in [0.15, 0.2) is 16.3 Å². The van der Waals surface area contributed by atoms with Gasteiger partial charge in [-0.15, -0.1) is 0 Å². The molecule has 0 fully saturated rings. The molecule has 0 spiro atoms. The maximum atomic E-state index is 13.7. The molecule has 36 heavy (non-hydrogen) atoms. The lowest BCUT2D eigenvalue weighted by atomic mass is 9.96. The van der Waals surface area contributed by atoms with E-state index >= 15 is 0 Å². The highest BCUT2D eigenvalue weighted by Crippen LogP contribution is 2.34. The van der Waals surface area contributed by atoms with Gasteiger partial charge in [-0.2, -0.15) is 0 Å². The second-order valence-electron chi connectivity index (χ2n) is 7.90. The number of halogens is 1. The van der Waals surface area contributed by atoms with Crippen molar-refractivity contribution in [1.82, 2.24) is 4.57 Å². The summed E-state index contributed by atoms with van der Waals surface area (Å²) in [6, 6.07) is 12.0. The van der Waals surface area contributed by atoms with Crippen LogP contribution in [-0.2, 0) is 9.53 Å². The molecule has 188 valence electrons. The number of hydrogen-bond donors (Lipinski definition) is 0. The highest BCUT2D eigenvalue weighted by Gasteiger charge is 2.34. The Bertz CT molecular complexity index is 1510. The maximum absolute atomic E-state index is 13.7. The fourth-order valence-electron chi connectivity index (χ4n) is 4.09. The Morgan fingerprint density at radius 3 is 2.50 bits per heavy atom. The number of carbonyl (C=O) groups excluding carboxylic acids is 1. The Labute approximate surface area is 217 Å². The molecule has 0 saturated heterocycles. The Kier molecular flexibility index (Phi) is 7.96. The van der Waals surface area contributed by atoms with Crippen LogP contribution in [0.5, 0.6) is 11.5 Å². The molecule has 4 rings (SSSR count). The van der Waals surface area contributed by atoms with Crippen LogP contribution in [0.2, 0.25) is 5.02 Å². The van der Waals surface area contributed by atoms with Crippen LogP contribution in [-0.4, -0.2) is 30.4 Å². The van der Waals surface area contributed by atoms with Crippen LogP contribution in [0.15, 0.2) is 63.5 Å². The van der Waals surface area contributed by atoms with Gasteiger partial charge in [-0.1, -0.05) is 47.2 Å². The van der Waals surface area contributed by atoms with Crippen LogP contribution in [0.3, 0.4) is 0 Å². The first-order valence-electron chi connectivity index (χ1n) is 11.7. The van der Waals surface area contributed by atoms with Crippen molar-refractivity contribution >= 4 is 35.0 Å². The van der Waals surface area contributed by atoms with Crippen molar-refractivity contribution < 1.29 is 19.0 Å². The standard InChI is InChI=1S/C27H27ClN2O5S/c1-5-33-20-13-12-17(14-21(20)34-6-2)15-22-25(31)30-24(18-10-8-9-11-19(18)28)23(26(32)35-7-3)16(4)29-27(30)36-22/h8-15,24H,5-7H2,1-4H3/b22-15+/t24-/m0/s1. The summed E-state index contributed by atoms with van der Waals surface area (Å²) in [5.41, 5.74) is 1.92. The fourth-order valence-corrected chi connectivity index (χ4v) is 5.38. The highest BCUT2D eigenvalue weighted by molar-refractivity contribution is 7.07. The number of allylic oxidation sites excluding steroid dienone is 1. The number of carbonyl (C=O) groups is 1. The molecule has 0 amide bonds. The van der Waals surface area contributed by atoms with Gasteiger partial charge >= 0.3 is 5.97 Å². The molecule has 0 bridgehead atoms. The molecule has 9 heteroatoms. The number of aromatic nitrogens is 1. The quantitative estimate of drug-likeness (QED) is 0.410. The summed E-state index contributed by atoms with van der Waals surface area (Å²) >= 11 is 7.80. The number of benzene rings is 2. The summed E-state index contributed by atoms with van der Waals surface area (Å²) < 4.78 is 18.7. The van der Waals surface area contributed by atoms with Crippen molar-refractivity contribution in [2.24, 2.45) is 4.99 Å². The van der Waals surface area contributed by atoms with Crippen LogP contribution in [0, 0.1) is 0 Å². The minimum absolute atomic E-state index is 0.204. The normalized spacial score (nSPS) is 15.4. The van der Waals surface area contributed by atoms with Crippen LogP contribution in [0.25, 0.3) is 6.08 Å². The number of nitrogens with zero attached hydrogens (tertiary/aromatic N) is 2. The van der Waals surface area contributed by atoms with Crippen LogP contribution in [0.1, 0.15) is 44.9 Å². The molecule has 1 aromatic heterocycles. The van der Waals surface area contributed by atoms with E-state index in [1.165, 1.54) is 15.9 Å². The van der Waals surface area contributed by atoms with E-state index in [-0.39, 0.29) is 12.2 Å². The Balaban J connectivity index is 1.91. The summed E-state index contributed by atoms with van der Waals surface area (Å²) in [4.78, 5) is 31.8. The van der Waals surface area contributed by atoms with Crippen LogP contribution in [0.4, 0.5) is 0 Å². The van der Waals surface area contributed by atoms with Crippen molar-refractivity contribution in [3.8, 4) is 11.5 Å². The molecule has 3 aromatic rings. The number of hydrogen-bond acceptors (Lipinski definition) is 7. The van der Waals surface area contributed by atoms with E-state index in [0.29, 0.717) is 55.9 Å².